The minimum Gasteiger partial charge on any atom is -0.392 e. The fourth-order valence-corrected chi connectivity index (χ4v) is 3.20. The Morgan fingerprint density at radius 2 is 1.17 bits per heavy atom. The molecule has 2 aliphatic carbocycles. The first-order valence-electron chi connectivity index (χ1n) is 8.04. The molecule has 0 radical (unpaired) electrons. The first-order valence-corrected chi connectivity index (χ1v) is 8.04. The van der Waals surface area contributed by atoms with Crippen molar-refractivity contribution >= 4 is 11.9 Å². The van der Waals surface area contributed by atoms with Gasteiger partial charge in [-0.15, -0.1) is 0 Å². The van der Waals surface area contributed by atoms with Crippen LogP contribution in [0, 0.1) is 22.7 Å². The molecule has 0 N–H and O–H groups in total. The Morgan fingerprint density at radius 1 is 0.826 bits per heavy atom. The van der Waals surface area contributed by atoms with Crippen LogP contribution in [0.25, 0.3) is 0 Å². The summed E-state index contributed by atoms with van der Waals surface area (Å²) in [6, 6.07) is 0. The van der Waals surface area contributed by atoms with E-state index in [4.69, 9.17) is 4.74 Å². The van der Waals surface area contributed by atoms with Crippen LogP contribution in [0.5, 0.6) is 0 Å². The summed E-state index contributed by atoms with van der Waals surface area (Å²) in [5.41, 5.74) is 1.70. The quantitative estimate of drug-likeness (QED) is 0.432. The Labute approximate surface area is 138 Å². The summed E-state index contributed by atoms with van der Waals surface area (Å²) in [6.45, 7) is 12.1. The first kappa shape index (κ1) is 17.5. The molecule has 3 heteroatoms. The fourth-order valence-electron chi connectivity index (χ4n) is 3.20. The lowest BCUT2D eigenvalue weighted by Gasteiger charge is -2.27. The van der Waals surface area contributed by atoms with Crippen LogP contribution in [0.2, 0.25) is 0 Å². The number of ether oxygens (including phenoxy) is 1. The van der Waals surface area contributed by atoms with E-state index < -0.39 is 23.8 Å². The standard InChI is InChI=1S/C20H26O3/c1-13-11-19(3,4)9-7-15(13)17(21)23-18(22)16-8-10-20(5,6)12-14(16)2/h7-12,15-16H,1-6H3. The van der Waals surface area contributed by atoms with Gasteiger partial charge in [0.05, 0.1) is 11.8 Å². The van der Waals surface area contributed by atoms with E-state index >= 15 is 0 Å². The zero-order valence-electron chi connectivity index (χ0n) is 14.8. The SMILES string of the molecule is CC1=CC(C)(C)C=CC1C(=O)OC(=O)C1C=CC(C)(C)C=C1C. The number of hydrogen-bond acceptors (Lipinski definition) is 3. The molecule has 2 atom stereocenters. The Morgan fingerprint density at radius 3 is 1.48 bits per heavy atom. The van der Waals surface area contributed by atoms with Crippen molar-refractivity contribution in [2.75, 3.05) is 0 Å². The molecule has 0 aromatic carbocycles. The summed E-state index contributed by atoms with van der Waals surface area (Å²) in [7, 11) is 0. The van der Waals surface area contributed by atoms with E-state index in [9.17, 15) is 9.59 Å². The van der Waals surface area contributed by atoms with Crippen LogP contribution in [0.3, 0.4) is 0 Å². The summed E-state index contributed by atoms with van der Waals surface area (Å²) in [4.78, 5) is 24.7. The first-order chi connectivity index (χ1) is 10.5. The third kappa shape index (κ3) is 4.10. The molecule has 0 saturated carbocycles. The van der Waals surface area contributed by atoms with Crippen LogP contribution in [0.4, 0.5) is 0 Å². The highest BCUT2D eigenvalue weighted by atomic mass is 16.6. The molecule has 0 spiro atoms. The minimum atomic E-state index is -0.499. The van der Waals surface area contributed by atoms with Crippen molar-refractivity contribution in [3.8, 4) is 0 Å². The van der Waals surface area contributed by atoms with Crippen molar-refractivity contribution < 1.29 is 14.3 Å². The van der Waals surface area contributed by atoms with Crippen molar-refractivity contribution in [3.05, 3.63) is 47.6 Å². The molecule has 124 valence electrons. The van der Waals surface area contributed by atoms with Crippen LogP contribution in [-0.2, 0) is 14.3 Å². The molecule has 3 nitrogen and oxygen atoms in total. The van der Waals surface area contributed by atoms with Crippen LogP contribution < -0.4 is 0 Å². The average Bonchev–Trinajstić information content (AvgIpc) is 2.35. The Hall–Kier alpha value is -1.90. The molecular weight excluding hydrogens is 288 g/mol. The summed E-state index contributed by atoms with van der Waals surface area (Å²) in [5.74, 6) is -1.94. The van der Waals surface area contributed by atoms with E-state index in [2.05, 4.69) is 27.7 Å². The number of rotatable bonds is 2. The Balaban J connectivity index is 2.06. The second-order valence-corrected chi connectivity index (χ2v) is 7.83. The van der Waals surface area contributed by atoms with Gasteiger partial charge in [-0.05, 0) is 13.8 Å². The fraction of sp³-hybridized carbons (Fsp3) is 0.500. The van der Waals surface area contributed by atoms with Crippen LogP contribution in [0.15, 0.2) is 47.6 Å². The van der Waals surface area contributed by atoms with E-state index in [1.54, 1.807) is 0 Å². The van der Waals surface area contributed by atoms with Gasteiger partial charge in [-0.1, -0.05) is 75.3 Å². The largest absolute Gasteiger partial charge is 0.392 e. The number of esters is 2. The molecule has 0 bridgehead atoms. The number of allylic oxidation sites excluding steroid dienone is 4. The predicted octanol–water partition coefficient (Wildman–Crippen LogP) is 4.37. The Kier molecular flexibility index (Phi) is 4.52. The second kappa shape index (κ2) is 5.95. The summed E-state index contributed by atoms with van der Waals surface area (Å²) in [6.07, 6.45) is 11.7. The molecule has 0 aromatic heterocycles. The smallest absolute Gasteiger partial charge is 0.324 e. The zero-order valence-corrected chi connectivity index (χ0v) is 14.8. The zero-order chi connectivity index (χ0) is 17.4. The molecule has 0 aromatic rings. The summed E-state index contributed by atoms with van der Waals surface area (Å²) >= 11 is 0. The average molecular weight is 314 g/mol. The topological polar surface area (TPSA) is 43.4 Å². The number of carbonyl (C=O) groups is 2. The van der Waals surface area contributed by atoms with Crippen molar-refractivity contribution in [3.63, 3.8) is 0 Å². The van der Waals surface area contributed by atoms with Gasteiger partial charge in [-0.2, -0.15) is 0 Å². The van der Waals surface area contributed by atoms with E-state index in [0.717, 1.165) is 11.1 Å². The molecule has 0 heterocycles. The maximum absolute atomic E-state index is 12.3. The van der Waals surface area contributed by atoms with E-state index in [1.807, 2.05) is 50.3 Å². The van der Waals surface area contributed by atoms with Gasteiger partial charge in [0.25, 0.3) is 0 Å². The monoisotopic (exact) mass is 314 g/mol. The lowest BCUT2D eigenvalue weighted by Crippen LogP contribution is -2.29. The lowest BCUT2D eigenvalue weighted by molar-refractivity contribution is -0.162. The minimum absolute atomic E-state index is 0.0676. The van der Waals surface area contributed by atoms with E-state index in [1.165, 1.54) is 0 Å². The van der Waals surface area contributed by atoms with Crippen LogP contribution in [-0.4, -0.2) is 11.9 Å². The van der Waals surface area contributed by atoms with Crippen LogP contribution >= 0.6 is 0 Å². The van der Waals surface area contributed by atoms with E-state index in [0.29, 0.717) is 0 Å². The summed E-state index contributed by atoms with van der Waals surface area (Å²) in [5, 5.41) is 0. The number of carbonyl (C=O) groups excluding carboxylic acids is 2. The highest BCUT2D eigenvalue weighted by Gasteiger charge is 2.31. The number of hydrogen-bond donors (Lipinski definition) is 0. The normalized spacial score (nSPS) is 27.9. The Bertz CT molecular complexity index is 586. The maximum atomic E-state index is 12.3. The van der Waals surface area contributed by atoms with Gasteiger partial charge in [0.15, 0.2) is 0 Å². The summed E-state index contributed by atoms with van der Waals surface area (Å²) < 4.78 is 5.14. The van der Waals surface area contributed by atoms with Gasteiger partial charge >= 0.3 is 11.9 Å². The van der Waals surface area contributed by atoms with Crippen molar-refractivity contribution in [1.29, 1.82) is 0 Å². The highest BCUT2D eigenvalue weighted by Crippen LogP contribution is 2.33. The van der Waals surface area contributed by atoms with Crippen molar-refractivity contribution in [2.45, 2.75) is 41.5 Å². The molecule has 0 fully saturated rings. The van der Waals surface area contributed by atoms with Gasteiger partial charge in [-0.3, -0.25) is 9.59 Å². The van der Waals surface area contributed by atoms with Crippen molar-refractivity contribution in [1.82, 2.24) is 0 Å². The molecule has 2 unspecified atom stereocenters. The highest BCUT2D eigenvalue weighted by molar-refractivity contribution is 5.92. The molecule has 23 heavy (non-hydrogen) atoms. The van der Waals surface area contributed by atoms with Gasteiger partial charge in [0, 0.05) is 10.8 Å². The molecule has 0 amide bonds. The van der Waals surface area contributed by atoms with E-state index in [-0.39, 0.29) is 10.8 Å². The molecule has 0 aliphatic heterocycles. The van der Waals surface area contributed by atoms with Crippen LogP contribution in [0.1, 0.15) is 41.5 Å². The maximum Gasteiger partial charge on any atom is 0.324 e. The molecule has 0 saturated heterocycles. The van der Waals surface area contributed by atoms with Gasteiger partial charge in [-0.25, -0.2) is 0 Å². The predicted molar refractivity (Wildman–Crippen MR) is 91.4 cm³/mol. The third-order valence-electron chi connectivity index (χ3n) is 4.33. The molecular formula is C20H26O3. The van der Waals surface area contributed by atoms with Gasteiger partial charge < -0.3 is 4.74 Å². The molecule has 2 rings (SSSR count). The van der Waals surface area contributed by atoms with Gasteiger partial charge in [0.2, 0.25) is 0 Å². The lowest BCUT2D eigenvalue weighted by atomic mass is 9.80. The van der Waals surface area contributed by atoms with Crippen molar-refractivity contribution in [2.24, 2.45) is 22.7 Å². The third-order valence-corrected chi connectivity index (χ3v) is 4.33. The molecule has 2 aliphatic rings. The van der Waals surface area contributed by atoms with Gasteiger partial charge in [0.1, 0.15) is 0 Å². The second-order valence-electron chi connectivity index (χ2n) is 7.83.